The summed E-state index contributed by atoms with van der Waals surface area (Å²) in [6.07, 6.45) is 3.71. The lowest BCUT2D eigenvalue weighted by atomic mass is 10.1. The third-order valence-corrected chi connectivity index (χ3v) is 2.91. The van der Waals surface area contributed by atoms with Gasteiger partial charge in [0.05, 0.1) is 29.8 Å². The number of nitrogens with zero attached hydrogens (tertiary/aromatic N) is 4. The number of aromatic nitrogens is 5. The summed E-state index contributed by atoms with van der Waals surface area (Å²) in [6.45, 7) is 0. The summed E-state index contributed by atoms with van der Waals surface area (Å²) in [4.78, 5) is 33.3. The topological polar surface area (TPSA) is 123 Å². The van der Waals surface area contributed by atoms with Crippen LogP contribution in [0.15, 0.2) is 25.0 Å². The van der Waals surface area contributed by atoms with Crippen molar-refractivity contribution in [3.63, 3.8) is 0 Å². The van der Waals surface area contributed by atoms with Gasteiger partial charge >= 0.3 is 5.97 Å². The number of methoxy groups -OCH3 is 1. The number of rotatable bonds is 4. The van der Waals surface area contributed by atoms with Crippen LogP contribution in [0.2, 0.25) is 0 Å². The molecular formula is C12H9N5O4. The second-order valence-electron chi connectivity index (χ2n) is 4.03. The number of aromatic amines is 1. The number of ether oxygens (including phenoxy) is 1. The van der Waals surface area contributed by atoms with Gasteiger partial charge in [-0.3, -0.25) is 4.79 Å². The first kappa shape index (κ1) is 11.6. The highest BCUT2D eigenvalue weighted by Gasteiger charge is 2.23. The van der Waals surface area contributed by atoms with Gasteiger partial charge in [0.1, 0.15) is 19.8 Å². The predicted molar refractivity (Wildman–Crippen MR) is 69.5 cm³/mol. The molecule has 9 heteroatoms. The molecule has 3 aromatic heterocycles. The van der Waals surface area contributed by atoms with Crippen LogP contribution in [0.4, 0.5) is 0 Å². The van der Waals surface area contributed by atoms with Crippen LogP contribution < -0.4 is 4.74 Å². The molecule has 0 saturated heterocycles. The quantitative estimate of drug-likeness (QED) is 0.526. The monoisotopic (exact) mass is 288 g/mol. The Morgan fingerprint density at radius 3 is 2.95 bits per heavy atom. The van der Waals surface area contributed by atoms with Gasteiger partial charge in [0.15, 0.2) is 5.82 Å². The number of Topliss-reactive ketones (excluding diaryl/α,β-unsaturated/α-hetero) is 1. The van der Waals surface area contributed by atoms with Gasteiger partial charge in [-0.2, -0.15) is 5.10 Å². The Bertz CT molecular complexity index is 900. The fourth-order valence-electron chi connectivity index (χ4n) is 2.01. The predicted octanol–water partition coefficient (Wildman–Crippen LogP) is 0.419. The van der Waals surface area contributed by atoms with Gasteiger partial charge in [0, 0.05) is 6.20 Å². The molecule has 0 saturated carbocycles. The van der Waals surface area contributed by atoms with E-state index in [9.17, 15) is 9.59 Å². The summed E-state index contributed by atoms with van der Waals surface area (Å²) in [7, 11) is 1.38. The van der Waals surface area contributed by atoms with Crippen molar-refractivity contribution in [2.24, 2.45) is 0 Å². The van der Waals surface area contributed by atoms with Crippen molar-refractivity contribution < 1.29 is 20.8 Å². The molecule has 106 valence electrons. The first-order valence-electron chi connectivity index (χ1n) is 6.23. The summed E-state index contributed by atoms with van der Waals surface area (Å²) in [5, 5.41) is 13.0. The van der Waals surface area contributed by atoms with E-state index in [1.165, 1.54) is 30.5 Å². The number of aliphatic carboxylic acids is 1. The highest BCUT2D eigenvalue weighted by molar-refractivity contribution is 6.42. The van der Waals surface area contributed by atoms with Crippen LogP contribution in [0, 0.1) is 0 Å². The van der Waals surface area contributed by atoms with E-state index in [0.717, 1.165) is 0 Å². The fourth-order valence-corrected chi connectivity index (χ4v) is 2.01. The molecule has 3 aromatic rings. The number of nitrogens with one attached hydrogen (secondary N) is 1. The van der Waals surface area contributed by atoms with Crippen molar-refractivity contribution in [1.82, 2.24) is 24.7 Å². The first-order chi connectivity index (χ1) is 10.5. The number of H-pyrrole nitrogens is 1. The van der Waals surface area contributed by atoms with Crippen molar-refractivity contribution in [2.75, 3.05) is 7.11 Å². The van der Waals surface area contributed by atoms with E-state index in [4.69, 9.17) is 11.2 Å². The Kier molecular flexibility index (Phi) is 2.60. The summed E-state index contributed by atoms with van der Waals surface area (Å²) >= 11 is 0. The van der Waals surface area contributed by atoms with Gasteiger partial charge in [-0.1, -0.05) is 0 Å². The van der Waals surface area contributed by atoms with E-state index in [2.05, 4.69) is 20.1 Å². The summed E-state index contributed by atoms with van der Waals surface area (Å²) in [6, 6.07) is 0. The maximum Gasteiger partial charge on any atom is 0.377 e. The van der Waals surface area contributed by atoms with Crippen molar-refractivity contribution in [3.8, 4) is 11.6 Å². The summed E-state index contributed by atoms with van der Waals surface area (Å²) in [5.41, 5.74) is 0.308. The molecule has 0 atom stereocenters. The molecule has 0 spiro atoms. The maximum atomic E-state index is 11.8. The van der Waals surface area contributed by atoms with Gasteiger partial charge in [-0.05, 0) is 0 Å². The van der Waals surface area contributed by atoms with Crippen molar-refractivity contribution in [1.29, 1.82) is 0 Å². The normalized spacial score (nSPS) is 11.4. The maximum absolute atomic E-state index is 11.8. The molecule has 21 heavy (non-hydrogen) atoms. The molecule has 3 rings (SSSR count). The highest BCUT2D eigenvalue weighted by atomic mass is 16.5. The minimum absolute atomic E-state index is 0.0470. The fraction of sp³-hybridized carbons (Fsp3) is 0.0833. The van der Waals surface area contributed by atoms with Crippen LogP contribution in [-0.2, 0) is 4.79 Å². The highest BCUT2D eigenvalue weighted by Crippen LogP contribution is 2.31. The number of carbonyl (C=O) groups excluding carboxylic acids is 1. The van der Waals surface area contributed by atoms with Crippen LogP contribution in [0.3, 0.4) is 0 Å². The van der Waals surface area contributed by atoms with Gasteiger partial charge < -0.3 is 14.8 Å². The lowest BCUT2D eigenvalue weighted by Gasteiger charge is -2.06. The van der Waals surface area contributed by atoms with Crippen LogP contribution >= 0.6 is 0 Å². The minimum Gasteiger partial charge on any atom is -0.494 e. The average Bonchev–Trinajstić information content (AvgIpc) is 3.12. The third kappa shape index (κ3) is 1.91. The third-order valence-electron chi connectivity index (χ3n) is 2.91. The molecule has 0 fully saturated rings. The zero-order chi connectivity index (χ0) is 15.9. The lowest BCUT2D eigenvalue weighted by Crippen LogP contribution is -2.12. The standard InChI is InChI=1S/C12H9N5O4/c1-21-7-3-15-11(17-5-13-4-16-17)9-8(7)6(2-14-9)10(18)12(19)20/h2-5,14H,1H3,(H,19,20)/i4D. The van der Waals surface area contributed by atoms with Gasteiger partial charge in [-0.25, -0.2) is 19.4 Å². The van der Waals surface area contributed by atoms with Gasteiger partial charge in [0.2, 0.25) is 0 Å². The van der Waals surface area contributed by atoms with E-state index in [0.29, 0.717) is 5.52 Å². The van der Waals surface area contributed by atoms with Crippen LogP contribution in [0.1, 0.15) is 11.7 Å². The number of hydrogen-bond acceptors (Lipinski definition) is 6. The SMILES string of the molecule is [2H]c1ncn(-c2ncc(OC)c3c(C(=O)C(=O)O)c[nH]c23)n1. The molecule has 0 aliphatic carbocycles. The van der Waals surface area contributed by atoms with Crippen molar-refractivity contribution >= 4 is 22.7 Å². The average molecular weight is 288 g/mol. The molecule has 0 aliphatic heterocycles. The molecule has 0 bridgehead atoms. The van der Waals surface area contributed by atoms with Gasteiger partial charge in [-0.15, -0.1) is 0 Å². The first-order valence-corrected chi connectivity index (χ1v) is 5.73. The molecule has 0 aliphatic rings. The molecule has 2 N–H and O–H groups in total. The van der Waals surface area contributed by atoms with Crippen molar-refractivity contribution in [3.05, 3.63) is 30.6 Å². The number of fused-ring (bicyclic) bond motifs is 1. The number of pyridine rings is 1. The second kappa shape index (κ2) is 4.71. The van der Waals surface area contributed by atoms with Crippen molar-refractivity contribution in [2.45, 2.75) is 0 Å². The summed E-state index contributed by atoms with van der Waals surface area (Å²) < 4.78 is 13.7. The van der Waals surface area contributed by atoms with E-state index < -0.39 is 11.8 Å². The van der Waals surface area contributed by atoms with E-state index in [1.807, 2.05) is 0 Å². The Hall–Kier alpha value is -3.23. The number of ketones is 1. The second-order valence-corrected chi connectivity index (χ2v) is 4.03. The zero-order valence-corrected chi connectivity index (χ0v) is 10.7. The van der Waals surface area contributed by atoms with E-state index in [-0.39, 0.29) is 28.8 Å². The Morgan fingerprint density at radius 2 is 2.33 bits per heavy atom. The molecule has 0 radical (unpaired) electrons. The Labute approximate surface area is 118 Å². The molecule has 0 unspecified atom stereocenters. The van der Waals surface area contributed by atoms with Crippen LogP contribution in [0.25, 0.3) is 16.7 Å². The molecule has 0 amide bonds. The lowest BCUT2D eigenvalue weighted by molar-refractivity contribution is -0.131. The molecule has 9 nitrogen and oxygen atoms in total. The van der Waals surface area contributed by atoms with Crippen LogP contribution in [0.5, 0.6) is 5.75 Å². The number of carboxylic acids is 1. The smallest absolute Gasteiger partial charge is 0.377 e. The summed E-state index contributed by atoms with van der Waals surface area (Å²) in [5.74, 6) is -2.13. The number of carboxylic acid groups (broad SMARTS) is 1. The Morgan fingerprint density at radius 1 is 1.52 bits per heavy atom. The number of carbonyl (C=O) groups is 2. The van der Waals surface area contributed by atoms with E-state index in [1.54, 1.807) is 0 Å². The largest absolute Gasteiger partial charge is 0.494 e. The van der Waals surface area contributed by atoms with Gasteiger partial charge in [0.25, 0.3) is 5.78 Å². The number of hydrogen-bond donors (Lipinski definition) is 2. The van der Waals surface area contributed by atoms with E-state index >= 15 is 0 Å². The molecular weight excluding hydrogens is 278 g/mol. The molecule has 3 heterocycles. The Balaban J connectivity index is 2.30. The zero-order valence-electron chi connectivity index (χ0n) is 11.7. The molecule has 0 aromatic carbocycles. The van der Waals surface area contributed by atoms with Crippen LogP contribution in [-0.4, -0.2) is 48.7 Å². The minimum atomic E-state index is -1.57.